The lowest BCUT2D eigenvalue weighted by Crippen LogP contribution is -2.41. The summed E-state index contributed by atoms with van der Waals surface area (Å²) in [7, 11) is 0. The average molecular weight is 201 g/mol. The molecule has 1 rings (SSSR count). The van der Waals surface area contributed by atoms with E-state index in [2.05, 4.69) is 38.3 Å². The molecule has 0 radical (unpaired) electrons. The first-order valence-corrected chi connectivity index (χ1v) is 6.08. The number of hydrogen-bond acceptors (Lipinski definition) is 2. The Bertz CT molecular complexity index is 139. The molecular formula is C11H23NS. The Morgan fingerprint density at radius 3 is 2.31 bits per heavy atom. The van der Waals surface area contributed by atoms with Crippen LogP contribution in [0.15, 0.2) is 0 Å². The van der Waals surface area contributed by atoms with Crippen molar-refractivity contribution >= 4 is 12.6 Å². The van der Waals surface area contributed by atoms with E-state index in [0.29, 0.717) is 0 Å². The molecule has 0 aliphatic carbocycles. The van der Waals surface area contributed by atoms with Crippen molar-refractivity contribution in [2.75, 3.05) is 25.4 Å². The lowest BCUT2D eigenvalue weighted by atomic mass is 9.91. The van der Waals surface area contributed by atoms with Gasteiger partial charge in [-0.05, 0) is 29.9 Å². The highest BCUT2D eigenvalue weighted by molar-refractivity contribution is 7.80. The minimum atomic E-state index is 0.737. The molecule has 1 fully saturated rings. The van der Waals surface area contributed by atoms with Gasteiger partial charge < -0.3 is 4.90 Å². The molecule has 1 heterocycles. The largest absolute Gasteiger partial charge is 0.303 e. The van der Waals surface area contributed by atoms with Crippen LogP contribution in [-0.4, -0.2) is 30.3 Å². The first-order chi connectivity index (χ1) is 6.11. The first-order valence-electron chi connectivity index (χ1n) is 5.45. The molecular weight excluding hydrogens is 178 g/mol. The van der Waals surface area contributed by atoms with Crippen LogP contribution < -0.4 is 0 Å². The van der Waals surface area contributed by atoms with E-state index in [1.54, 1.807) is 0 Å². The van der Waals surface area contributed by atoms with Crippen molar-refractivity contribution in [1.82, 2.24) is 4.90 Å². The second-order valence-electron chi connectivity index (χ2n) is 4.95. The summed E-state index contributed by atoms with van der Waals surface area (Å²) in [6.07, 6.45) is 1.41. The van der Waals surface area contributed by atoms with Gasteiger partial charge in [0.25, 0.3) is 0 Å². The fourth-order valence-corrected chi connectivity index (χ4v) is 2.56. The molecule has 2 heteroatoms. The van der Waals surface area contributed by atoms with Gasteiger partial charge in [-0.25, -0.2) is 0 Å². The predicted molar refractivity (Wildman–Crippen MR) is 62.4 cm³/mol. The Morgan fingerprint density at radius 2 is 1.85 bits per heavy atom. The first kappa shape index (κ1) is 11.4. The molecule has 1 aliphatic heterocycles. The third-order valence-corrected chi connectivity index (χ3v) is 3.45. The summed E-state index contributed by atoms with van der Waals surface area (Å²) < 4.78 is 0. The molecule has 0 spiro atoms. The summed E-state index contributed by atoms with van der Waals surface area (Å²) in [5.74, 6) is 3.52. The molecule has 0 aromatic rings. The zero-order valence-corrected chi connectivity index (χ0v) is 10.1. The van der Waals surface area contributed by atoms with Gasteiger partial charge in [-0.3, -0.25) is 0 Å². The van der Waals surface area contributed by atoms with E-state index in [1.165, 1.54) is 26.1 Å². The number of rotatable bonds is 3. The molecule has 0 bridgehead atoms. The summed E-state index contributed by atoms with van der Waals surface area (Å²) in [6, 6.07) is 0. The minimum Gasteiger partial charge on any atom is -0.303 e. The van der Waals surface area contributed by atoms with Gasteiger partial charge in [-0.2, -0.15) is 12.6 Å². The van der Waals surface area contributed by atoms with Crippen molar-refractivity contribution in [1.29, 1.82) is 0 Å². The minimum absolute atomic E-state index is 0.737. The lowest BCUT2D eigenvalue weighted by molar-refractivity contribution is 0.128. The van der Waals surface area contributed by atoms with Crippen molar-refractivity contribution in [3.8, 4) is 0 Å². The van der Waals surface area contributed by atoms with Crippen molar-refractivity contribution in [2.45, 2.75) is 27.2 Å². The van der Waals surface area contributed by atoms with Crippen LogP contribution in [0.25, 0.3) is 0 Å². The Morgan fingerprint density at radius 1 is 1.31 bits per heavy atom. The summed E-state index contributed by atoms with van der Waals surface area (Å²) in [5, 5.41) is 0. The van der Waals surface area contributed by atoms with Crippen molar-refractivity contribution in [3.63, 3.8) is 0 Å². The summed E-state index contributed by atoms with van der Waals surface area (Å²) in [4.78, 5) is 2.61. The van der Waals surface area contributed by atoms with E-state index in [4.69, 9.17) is 0 Å². The topological polar surface area (TPSA) is 3.24 Å². The van der Waals surface area contributed by atoms with E-state index in [0.717, 1.165) is 23.5 Å². The Hall–Kier alpha value is 0.310. The molecule has 13 heavy (non-hydrogen) atoms. The molecule has 1 saturated heterocycles. The van der Waals surface area contributed by atoms with Gasteiger partial charge in [0.05, 0.1) is 0 Å². The van der Waals surface area contributed by atoms with Crippen molar-refractivity contribution < 1.29 is 0 Å². The van der Waals surface area contributed by atoms with Crippen LogP contribution in [0.4, 0.5) is 0 Å². The van der Waals surface area contributed by atoms with Gasteiger partial charge in [0.2, 0.25) is 0 Å². The molecule has 0 amide bonds. The second kappa shape index (κ2) is 5.26. The molecule has 0 N–H and O–H groups in total. The highest BCUT2D eigenvalue weighted by Gasteiger charge is 2.22. The molecule has 0 saturated carbocycles. The van der Waals surface area contributed by atoms with Gasteiger partial charge >= 0.3 is 0 Å². The van der Waals surface area contributed by atoms with Crippen LogP contribution in [-0.2, 0) is 0 Å². The molecule has 1 aliphatic rings. The van der Waals surface area contributed by atoms with Gasteiger partial charge in [-0.1, -0.05) is 20.8 Å². The standard InChI is InChI=1S/C11H23NS/c1-9-4-10(2)6-12(5-9)7-11(3)8-13/h9-11,13H,4-8H2,1-3H3. The van der Waals surface area contributed by atoms with Crippen molar-refractivity contribution in [2.24, 2.45) is 17.8 Å². The van der Waals surface area contributed by atoms with E-state index in [1.807, 2.05) is 0 Å². The summed E-state index contributed by atoms with van der Waals surface area (Å²) in [5.41, 5.74) is 0. The number of likely N-dealkylation sites (tertiary alicyclic amines) is 1. The Labute approximate surface area is 88.3 Å². The van der Waals surface area contributed by atoms with Crippen LogP contribution in [0.2, 0.25) is 0 Å². The highest BCUT2D eigenvalue weighted by atomic mass is 32.1. The van der Waals surface area contributed by atoms with Gasteiger partial charge in [-0.15, -0.1) is 0 Å². The molecule has 1 nitrogen and oxygen atoms in total. The maximum absolute atomic E-state index is 4.33. The molecule has 3 atom stereocenters. The SMILES string of the molecule is CC(CS)CN1CC(C)CC(C)C1. The maximum Gasteiger partial charge on any atom is 0.00150 e. The monoisotopic (exact) mass is 201 g/mol. The van der Waals surface area contributed by atoms with E-state index in [-0.39, 0.29) is 0 Å². The van der Waals surface area contributed by atoms with E-state index < -0.39 is 0 Å². The number of piperidine rings is 1. The van der Waals surface area contributed by atoms with Crippen LogP contribution >= 0.6 is 12.6 Å². The second-order valence-corrected chi connectivity index (χ2v) is 5.32. The fourth-order valence-electron chi connectivity index (χ4n) is 2.44. The van der Waals surface area contributed by atoms with Crippen LogP contribution in [0.5, 0.6) is 0 Å². The number of thiol groups is 1. The quantitative estimate of drug-likeness (QED) is 0.687. The summed E-state index contributed by atoms with van der Waals surface area (Å²) >= 11 is 4.33. The molecule has 0 aromatic heterocycles. The fraction of sp³-hybridized carbons (Fsp3) is 1.00. The van der Waals surface area contributed by atoms with Gasteiger partial charge in [0.1, 0.15) is 0 Å². The number of hydrogen-bond donors (Lipinski definition) is 1. The van der Waals surface area contributed by atoms with E-state index >= 15 is 0 Å². The lowest BCUT2D eigenvalue weighted by Gasteiger charge is -2.36. The zero-order valence-electron chi connectivity index (χ0n) is 9.16. The average Bonchev–Trinajstić information content (AvgIpc) is 2.02. The normalized spacial score (nSPS) is 33.2. The van der Waals surface area contributed by atoms with Crippen LogP contribution in [0.1, 0.15) is 27.2 Å². The van der Waals surface area contributed by atoms with Crippen LogP contribution in [0.3, 0.4) is 0 Å². The Kier molecular flexibility index (Phi) is 4.60. The van der Waals surface area contributed by atoms with Gasteiger partial charge in [0, 0.05) is 19.6 Å². The Balaban J connectivity index is 2.32. The molecule has 78 valence electrons. The molecule has 0 aromatic carbocycles. The van der Waals surface area contributed by atoms with E-state index in [9.17, 15) is 0 Å². The number of nitrogens with zero attached hydrogens (tertiary/aromatic N) is 1. The summed E-state index contributed by atoms with van der Waals surface area (Å²) in [6.45, 7) is 10.8. The highest BCUT2D eigenvalue weighted by Crippen LogP contribution is 2.21. The molecule has 3 unspecified atom stereocenters. The third-order valence-electron chi connectivity index (χ3n) is 2.83. The third kappa shape index (κ3) is 3.90. The predicted octanol–water partition coefficient (Wildman–Crippen LogP) is 2.53. The maximum atomic E-state index is 4.33. The van der Waals surface area contributed by atoms with Crippen molar-refractivity contribution in [3.05, 3.63) is 0 Å². The van der Waals surface area contributed by atoms with Gasteiger partial charge in [0.15, 0.2) is 0 Å². The smallest absolute Gasteiger partial charge is 0.00150 e. The zero-order chi connectivity index (χ0) is 9.84. The van der Waals surface area contributed by atoms with Crippen LogP contribution in [0, 0.1) is 17.8 Å².